The van der Waals surface area contributed by atoms with Crippen LogP contribution in [-0.2, 0) is 9.84 Å². The van der Waals surface area contributed by atoms with Gasteiger partial charge in [-0.1, -0.05) is 24.3 Å². The summed E-state index contributed by atoms with van der Waals surface area (Å²) in [6, 6.07) is 16.3. The first-order chi connectivity index (χ1) is 13.7. The van der Waals surface area contributed by atoms with Crippen LogP contribution in [0.4, 0.5) is 5.69 Å². The Morgan fingerprint density at radius 3 is 2.48 bits per heavy atom. The number of para-hydroxylation sites is 1. The number of aromatic nitrogens is 2. The summed E-state index contributed by atoms with van der Waals surface area (Å²) < 4.78 is 25.5. The molecular formula is C21H19N3O3S2. The number of hydrogen-bond donors (Lipinski definition) is 1. The van der Waals surface area contributed by atoms with Crippen molar-refractivity contribution in [2.45, 2.75) is 18.7 Å². The van der Waals surface area contributed by atoms with Crippen LogP contribution >= 0.6 is 11.3 Å². The number of anilines is 1. The van der Waals surface area contributed by atoms with Crippen molar-refractivity contribution in [3.05, 3.63) is 70.7 Å². The molecule has 0 unspecified atom stereocenters. The third kappa shape index (κ3) is 3.68. The van der Waals surface area contributed by atoms with Gasteiger partial charge < -0.3 is 5.32 Å². The second-order valence-electron chi connectivity index (χ2n) is 6.87. The Kier molecular flexibility index (Phi) is 4.76. The van der Waals surface area contributed by atoms with Gasteiger partial charge >= 0.3 is 0 Å². The predicted octanol–water partition coefficient (Wildman–Crippen LogP) is 4.36. The number of amides is 1. The maximum Gasteiger partial charge on any atom is 0.265 e. The van der Waals surface area contributed by atoms with E-state index in [1.807, 2.05) is 54.9 Å². The normalized spacial score (nSPS) is 11.7. The van der Waals surface area contributed by atoms with Crippen LogP contribution in [-0.4, -0.2) is 30.4 Å². The molecule has 0 spiro atoms. The number of hydrogen-bond acceptors (Lipinski definition) is 5. The number of benzene rings is 2. The van der Waals surface area contributed by atoms with Crippen molar-refractivity contribution in [3.63, 3.8) is 0 Å². The highest BCUT2D eigenvalue weighted by Gasteiger charge is 2.18. The molecule has 148 valence electrons. The van der Waals surface area contributed by atoms with Gasteiger partial charge in [0.25, 0.3) is 5.91 Å². The summed E-state index contributed by atoms with van der Waals surface area (Å²) in [5, 5.41) is 8.35. The molecule has 0 radical (unpaired) electrons. The number of nitrogens with zero attached hydrogens (tertiary/aromatic N) is 2. The van der Waals surface area contributed by atoms with Crippen LogP contribution in [0.1, 0.15) is 20.9 Å². The predicted molar refractivity (Wildman–Crippen MR) is 116 cm³/mol. The Morgan fingerprint density at radius 2 is 1.79 bits per heavy atom. The molecule has 0 aliphatic rings. The summed E-state index contributed by atoms with van der Waals surface area (Å²) in [5.41, 5.74) is 3.04. The third-order valence-corrected chi connectivity index (χ3v) is 6.87. The van der Waals surface area contributed by atoms with Crippen molar-refractivity contribution in [2.75, 3.05) is 11.6 Å². The minimum absolute atomic E-state index is 0.172. The van der Waals surface area contributed by atoms with E-state index in [-0.39, 0.29) is 10.8 Å². The molecule has 4 rings (SSSR count). The van der Waals surface area contributed by atoms with Gasteiger partial charge in [-0.15, -0.1) is 11.3 Å². The molecular weight excluding hydrogens is 406 g/mol. The van der Waals surface area contributed by atoms with Crippen molar-refractivity contribution in [1.82, 2.24) is 9.78 Å². The highest BCUT2D eigenvalue weighted by atomic mass is 32.2. The van der Waals surface area contributed by atoms with Gasteiger partial charge in [0.05, 0.1) is 21.2 Å². The van der Waals surface area contributed by atoms with E-state index in [0.717, 1.165) is 33.4 Å². The van der Waals surface area contributed by atoms with Gasteiger partial charge in [-0.2, -0.15) is 5.10 Å². The Morgan fingerprint density at radius 1 is 1.07 bits per heavy atom. The van der Waals surface area contributed by atoms with Crippen molar-refractivity contribution in [3.8, 4) is 5.69 Å². The zero-order valence-electron chi connectivity index (χ0n) is 16.1. The Labute approximate surface area is 172 Å². The fourth-order valence-electron chi connectivity index (χ4n) is 3.05. The maximum absolute atomic E-state index is 12.9. The Bertz CT molecular complexity index is 1340. The van der Waals surface area contributed by atoms with Gasteiger partial charge in [0.2, 0.25) is 0 Å². The van der Waals surface area contributed by atoms with E-state index in [1.165, 1.54) is 23.5 Å². The molecule has 2 aromatic carbocycles. The molecule has 2 aromatic heterocycles. The summed E-state index contributed by atoms with van der Waals surface area (Å²) in [5.74, 6) is -0.279. The molecule has 29 heavy (non-hydrogen) atoms. The van der Waals surface area contributed by atoms with E-state index in [0.29, 0.717) is 10.6 Å². The minimum Gasteiger partial charge on any atom is -0.321 e. The lowest BCUT2D eigenvalue weighted by molar-refractivity contribution is 0.103. The van der Waals surface area contributed by atoms with E-state index < -0.39 is 9.84 Å². The number of rotatable bonds is 4. The molecule has 0 atom stereocenters. The van der Waals surface area contributed by atoms with Gasteiger partial charge in [0, 0.05) is 17.3 Å². The summed E-state index contributed by atoms with van der Waals surface area (Å²) in [4.78, 5) is 14.5. The average molecular weight is 426 g/mol. The van der Waals surface area contributed by atoms with Gasteiger partial charge in [0.1, 0.15) is 4.83 Å². The fraction of sp³-hybridized carbons (Fsp3) is 0.143. The van der Waals surface area contributed by atoms with E-state index in [1.54, 1.807) is 6.07 Å². The summed E-state index contributed by atoms with van der Waals surface area (Å²) in [6.07, 6.45) is 1.15. The number of carbonyl (C=O) groups excluding carboxylic acids is 1. The molecule has 0 fully saturated rings. The molecule has 2 heterocycles. The average Bonchev–Trinajstić information content (AvgIpc) is 3.24. The fourth-order valence-corrected chi connectivity index (χ4v) is 4.78. The molecule has 0 saturated carbocycles. The first-order valence-electron chi connectivity index (χ1n) is 8.90. The molecule has 0 aliphatic heterocycles. The van der Waals surface area contributed by atoms with Crippen LogP contribution in [0.25, 0.3) is 15.9 Å². The van der Waals surface area contributed by atoms with Crippen molar-refractivity contribution in [1.29, 1.82) is 0 Å². The molecule has 1 N–H and O–H groups in total. The van der Waals surface area contributed by atoms with Crippen LogP contribution in [0, 0.1) is 13.8 Å². The first kappa shape index (κ1) is 19.4. The zero-order valence-corrected chi connectivity index (χ0v) is 17.8. The van der Waals surface area contributed by atoms with E-state index in [4.69, 9.17) is 0 Å². The lowest BCUT2D eigenvalue weighted by Crippen LogP contribution is -2.12. The lowest BCUT2D eigenvalue weighted by Gasteiger charge is -2.09. The van der Waals surface area contributed by atoms with E-state index >= 15 is 0 Å². The summed E-state index contributed by atoms with van der Waals surface area (Å²) >= 11 is 1.35. The summed E-state index contributed by atoms with van der Waals surface area (Å²) in [7, 11) is -3.36. The minimum atomic E-state index is -3.36. The van der Waals surface area contributed by atoms with Crippen molar-refractivity contribution >= 4 is 43.0 Å². The number of sulfone groups is 1. The van der Waals surface area contributed by atoms with Crippen LogP contribution in [0.3, 0.4) is 0 Å². The smallest absolute Gasteiger partial charge is 0.265 e. The first-order valence-corrected chi connectivity index (χ1v) is 11.6. The van der Waals surface area contributed by atoms with Gasteiger partial charge in [-0.05, 0) is 49.7 Å². The SMILES string of the molecule is Cc1ccc(S(C)(=O)=O)cc1NC(=O)c1cc2c(C)nn(-c3ccccc3)c2s1. The van der Waals surface area contributed by atoms with E-state index in [9.17, 15) is 13.2 Å². The standard InChI is InChI=1S/C21H19N3O3S2/c1-13-9-10-16(29(3,26)27)11-18(13)22-20(25)19-12-17-14(2)23-24(21(17)28-19)15-7-5-4-6-8-15/h4-12H,1-3H3,(H,22,25). The molecule has 0 aliphatic carbocycles. The topological polar surface area (TPSA) is 81.1 Å². The number of thiophene rings is 1. The second-order valence-corrected chi connectivity index (χ2v) is 9.91. The maximum atomic E-state index is 12.9. The van der Waals surface area contributed by atoms with Crippen LogP contribution in [0.5, 0.6) is 0 Å². The molecule has 0 saturated heterocycles. The number of carbonyl (C=O) groups is 1. The monoisotopic (exact) mass is 425 g/mol. The number of fused-ring (bicyclic) bond motifs is 1. The molecule has 4 aromatic rings. The number of nitrogens with one attached hydrogen (secondary N) is 1. The van der Waals surface area contributed by atoms with Crippen LogP contribution < -0.4 is 5.32 Å². The quantitative estimate of drug-likeness (QED) is 0.527. The lowest BCUT2D eigenvalue weighted by atomic mass is 10.2. The van der Waals surface area contributed by atoms with Crippen molar-refractivity contribution < 1.29 is 13.2 Å². The largest absolute Gasteiger partial charge is 0.321 e. The molecule has 0 bridgehead atoms. The van der Waals surface area contributed by atoms with Gasteiger partial charge in [-0.25, -0.2) is 13.1 Å². The highest BCUT2D eigenvalue weighted by molar-refractivity contribution is 7.90. The van der Waals surface area contributed by atoms with Crippen molar-refractivity contribution in [2.24, 2.45) is 0 Å². The molecule has 1 amide bonds. The van der Waals surface area contributed by atoms with Crippen LogP contribution in [0.15, 0.2) is 59.5 Å². The third-order valence-electron chi connectivity index (χ3n) is 4.65. The van der Waals surface area contributed by atoms with Crippen LogP contribution in [0.2, 0.25) is 0 Å². The second kappa shape index (κ2) is 7.13. The Balaban J connectivity index is 1.70. The Hall–Kier alpha value is -2.97. The molecule has 8 heteroatoms. The summed E-state index contributed by atoms with van der Waals surface area (Å²) in [6.45, 7) is 3.74. The van der Waals surface area contributed by atoms with Gasteiger partial charge in [0.15, 0.2) is 9.84 Å². The van der Waals surface area contributed by atoms with E-state index in [2.05, 4.69) is 10.4 Å². The van der Waals surface area contributed by atoms with Gasteiger partial charge in [-0.3, -0.25) is 4.79 Å². The molecule has 6 nitrogen and oxygen atoms in total. The zero-order chi connectivity index (χ0) is 20.8. The number of aryl methyl sites for hydroxylation is 2. The highest BCUT2D eigenvalue weighted by Crippen LogP contribution is 2.31.